The van der Waals surface area contributed by atoms with Crippen molar-refractivity contribution in [2.75, 3.05) is 0 Å². The quantitative estimate of drug-likeness (QED) is 0.350. The highest BCUT2D eigenvalue weighted by Gasteiger charge is 2.49. The van der Waals surface area contributed by atoms with Gasteiger partial charge in [-0.2, -0.15) is 13.2 Å². The second kappa shape index (κ2) is 12.2. The monoisotopic (exact) mass is 573 g/mol. The van der Waals surface area contributed by atoms with Crippen molar-refractivity contribution in [1.29, 1.82) is 0 Å². The summed E-state index contributed by atoms with van der Waals surface area (Å²) in [6, 6.07) is 0. The van der Waals surface area contributed by atoms with E-state index >= 15 is 0 Å². The first-order valence-electron chi connectivity index (χ1n) is 13.2. The van der Waals surface area contributed by atoms with E-state index < -0.39 is 65.5 Å². The Hall–Kier alpha value is -2.08. The molecule has 2 aliphatic rings. The molecule has 3 N–H and O–H groups in total. The number of fused-ring (bicyclic) bond motifs is 1. The number of halogens is 3. The Morgan fingerprint density at radius 2 is 1.90 bits per heavy atom. The molecular weight excluding hydrogens is 535 g/mol. The van der Waals surface area contributed by atoms with Crippen molar-refractivity contribution in [2.24, 2.45) is 29.1 Å². The van der Waals surface area contributed by atoms with Gasteiger partial charge in [0.1, 0.15) is 16.9 Å². The summed E-state index contributed by atoms with van der Waals surface area (Å²) in [5.74, 6) is -3.05. The molecule has 1 aromatic heterocycles. The fraction of sp³-hybridized carbons (Fsp3) is 0.679. The third kappa shape index (κ3) is 7.56. The Labute approximate surface area is 230 Å². The van der Waals surface area contributed by atoms with Crippen LogP contribution in [0.1, 0.15) is 71.0 Å². The number of hydrogen-bond donors (Lipinski definition) is 3. The lowest BCUT2D eigenvalue weighted by Gasteiger charge is -2.34. The predicted molar refractivity (Wildman–Crippen MR) is 140 cm³/mol. The molecule has 11 heteroatoms. The number of aromatic nitrogens is 1. The van der Waals surface area contributed by atoms with Crippen molar-refractivity contribution in [3.05, 3.63) is 33.3 Å². The zero-order chi connectivity index (χ0) is 29.3. The minimum Gasteiger partial charge on any atom is -0.457 e. The van der Waals surface area contributed by atoms with Crippen LogP contribution in [0.25, 0.3) is 6.08 Å². The van der Waals surface area contributed by atoms with Gasteiger partial charge in [-0.25, -0.2) is 4.98 Å². The Morgan fingerprint density at radius 1 is 1.23 bits per heavy atom. The van der Waals surface area contributed by atoms with E-state index in [1.807, 2.05) is 0 Å². The van der Waals surface area contributed by atoms with Crippen molar-refractivity contribution in [1.82, 2.24) is 4.98 Å². The summed E-state index contributed by atoms with van der Waals surface area (Å²) in [6.07, 6.45) is -6.04. The third-order valence-corrected chi connectivity index (χ3v) is 9.08. The molecule has 3 rings (SSSR count). The number of nitrogens with zero attached hydrogens (tertiary/aromatic N) is 1. The molecule has 0 bridgehead atoms. The van der Waals surface area contributed by atoms with Gasteiger partial charge in [-0.05, 0) is 49.2 Å². The molecule has 7 atom stereocenters. The molecule has 1 aromatic rings. The van der Waals surface area contributed by atoms with Crippen molar-refractivity contribution < 1.29 is 42.8 Å². The largest absolute Gasteiger partial charge is 0.457 e. The Kier molecular flexibility index (Phi) is 9.84. The number of hydrogen-bond acceptors (Lipinski definition) is 8. The topological polar surface area (TPSA) is 117 Å². The number of ether oxygens (including phenoxy) is 1. The summed E-state index contributed by atoms with van der Waals surface area (Å²) >= 11 is 1.22. The van der Waals surface area contributed by atoms with Gasteiger partial charge in [0.2, 0.25) is 0 Å². The van der Waals surface area contributed by atoms with Gasteiger partial charge >= 0.3 is 12.1 Å². The zero-order valence-electron chi connectivity index (χ0n) is 22.9. The number of rotatable bonds is 3. The van der Waals surface area contributed by atoms with Gasteiger partial charge in [0.05, 0.1) is 36.3 Å². The molecular formula is C28H38F3NO6S. The van der Waals surface area contributed by atoms with E-state index in [9.17, 15) is 38.1 Å². The molecule has 7 nitrogen and oxygen atoms in total. The molecule has 0 radical (unpaired) electrons. The number of esters is 1. The molecule has 1 saturated carbocycles. The summed E-state index contributed by atoms with van der Waals surface area (Å²) in [7, 11) is 0. The molecule has 39 heavy (non-hydrogen) atoms. The maximum atomic E-state index is 14.0. The number of carbonyl (C=O) groups is 2. The van der Waals surface area contributed by atoms with Gasteiger partial charge in [-0.3, -0.25) is 9.59 Å². The maximum Gasteiger partial charge on any atom is 0.412 e. The second-order valence-corrected chi connectivity index (χ2v) is 12.4. The number of allylic oxidation sites excluding steroid dienone is 1. The first-order chi connectivity index (χ1) is 18.1. The second-order valence-electron chi connectivity index (χ2n) is 11.5. The first kappa shape index (κ1) is 31.4. The Morgan fingerprint density at radius 3 is 2.49 bits per heavy atom. The van der Waals surface area contributed by atoms with Gasteiger partial charge in [0, 0.05) is 23.3 Å². The van der Waals surface area contributed by atoms with Gasteiger partial charge in [-0.1, -0.05) is 33.8 Å². The normalized spacial score (nSPS) is 34.6. The standard InChI is InChI=1S/C28H38F3NO6S/c1-14(8-19-13-39-23(12-33)32-19)21-7-6-18(28(29,30)31)9-17-10-20(17)15(2)25(36)16(3)26(37)27(4,5)22(34)11-24(35)38-21/h6,8,13,15-17,20-22,25,33-34,36H,7,9-12H2,1-5H3/b14-8+,18-6+/t15-,16+,17-,20-,21+,22-,25-/m0/s1. The number of aliphatic hydroxyl groups excluding tert-OH is 3. The molecule has 1 aliphatic heterocycles. The Balaban J connectivity index is 1.98. The van der Waals surface area contributed by atoms with Crippen LogP contribution in [-0.2, 0) is 20.9 Å². The number of Topliss-reactive ketones (excluding diaryl/α,β-unsaturated/α-hetero) is 1. The number of thiazole rings is 1. The van der Waals surface area contributed by atoms with Crippen molar-refractivity contribution in [3.63, 3.8) is 0 Å². The van der Waals surface area contributed by atoms with Crippen LogP contribution in [0.4, 0.5) is 13.2 Å². The lowest BCUT2D eigenvalue weighted by molar-refractivity contribution is -0.154. The fourth-order valence-electron chi connectivity index (χ4n) is 5.35. The van der Waals surface area contributed by atoms with E-state index in [2.05, 4.69) is 4.98 Å². The lowest BCUT2D eigenvalue weighted by atomic mass is 9.72. The number of alkyl halides is 3. The van der Waals surface area contributed by atoms with Gasteiger partial charge in [-0.15, -0.1) is 11.3 Å². The molecule has 0 aromatic carbocycles. The van der Waals surface area contributed by atoms with E-state index in [0.29, 0.717) is 22.7 Å². The summed E-state index contributed by atoms with van der Waals surface area (Å²) in [5, 5.41) is 33.2. The van der Waals surface area contributed by atoms with Crippen molar-refractivity contribution in [3.8, 4) is 0 Å². The van der Waals surface area contributed by atoms with Crippen LogP contribution in [-0.4, -0.2) is 56.5 Å². The van der Waals surface area contributed by atoms with Crippen LogP contribution >= 0.6 is 11.3 Å². The molecule has 0 unspecified atom stereocenters. The van der Waals surface area contributed by atoms with E-state index in [4.69, 9.17) is 4.74 Å². The minimum absolute atomic E-state index is 0.164. The smallest absolute Gasteiger partial charge is 0.412 e. The predicted octanol–water partition coefficient (Wildman–Crippen LogP) is 4.85. The SMILES string of the molecule is C/C(=C\c1csc(CO)n1)[C@H]1C/C=C(/C(F)(F)F)C[C@H]2C[C@H]2[C@H](C)[C@H](O)[C@@H](C)C(=O)C(C)(C)[C@@H](O)CC(=O)O1. The van der Waals surface area contributed by atoms with Crippen LogP contribution in [0.5, 0.6) is 0 Å². The van der Waals surface area contributed by atoms with Gasteiger partial charge < -0.3 is 20.1 Å². The summed E-state index contributed by atoms with van der Waals surface area (Å²) < 4.78 is 47.5. The molecule has 1 aliphatic carbocycles. The molecule has 2 heterocycles. The molecule has 0 saturated heterocycles. The van der Waals surface area contributed by atoms with Crippen LogP contribution in [0.15, 0.2) is 22.6 Å². The summed E-state index contributed by atoms with van der Waals surface area (Å²) in [4.78, 5) is 30.4. The first-order valence-corrected chi connectivity index (χ1v) is 14.0. The fourth-order valence-corrected chi connectivity index (χ4v) is 5.96. The third-order valence-electron chi connectivity index (χ3n) is 8.23. The van der Waals surface area contributed by atoms with Crippen molar-refractivity contribution in [2.45, 2.75) is 91.4 Å². The van der Waals surface area contributed by atoms with Gasteiger partial charge in [0.15, 0.2) is 0 Å². The van der Waals surface area contributed by atoms with E-state index in [1.54, 1.807) is 32.2 Å². The average molecular weight is 574 g/mol. The van der Waals surface area contributed by atoms with Crippen LogP contribution in [0, 0.1) is 29.1 Å². The number of ketones is 1. The van der Waals surface area contributed by atoms with Gasteiger partial charge in [0.25, 0.3) is 0 Å². The van der Waals surface area contributed by atoms with Crippen LogP contribution in [0.3, 0.4) is 0 Å². The molecule has 0 spiro atoms. The number of aliphatic hydroxyl groups is 3. The van der Waals surface area contributed by atoms with E-state index in [-0.39, 0.29) is 31.3 Å². The molecule has 0 amide bonds. The molecule has 1 fully saturated rings. The number of carbonyl (C=O) groups excluding carboxylic acids is 2. The maximum absolute atomic E-state index is 14.0. The molecule has 218 valence electrons. The highest BCUT2D eigenvalue weighted by atomic mass is 32.1. The van der Waals surface area contributed by atoms with Crippen molar-refractivity contribution >= 4 is 29.2 Å². The minimum atomic E-state index is -4.58. The van der Waals surface area contributed by atoms with E-state index in [1.165, 1.54) is 25.2 Å². The van der Waals surface area contributed by atoms with E-state index in [0.717, 1.165) is 6.08 Å². The summed E-state index contributed by atoms with van der Waals surface area (Å²) in [5.41, 5.74) is -1.18. The Bertz CT molecular complexity index is 1110. The lowest BCUT2D eigenvalue weighted by Crippen LogP contribution is -2.46. The highest BCUT2D eigenvalue weighted by molar-refractivity contribution is 7.09. The summed E-state index contributed by atoms with van der Waals surface area (Å²) in [6.45, 7) is 7.66. The zero-order valence-corrected chi connectivity index (χ0v) is 23.7. The average Bonchev–Trinajstić information content (AvgIpc) is 3.49. The number of cyclic esters (lactones) is 1. The van der Waals surface area contributed by atoms with Crippen LogP contribution in [0.2, 0.25) is 0 Å². The highest BCUT2D eigenvalue weighted by Crippen LogP contribution is 2.51. The van der Waals surface area contributed by atoms with Crippen LogP contribution < -0.4 is 0 Å².